The summed E-state index contributed by atoms with van der Waals surface area (Å²) in [6, 6.07) is 3.88. The molecule has 1 aromatic carbocycles. The number of aryl methyl sites for hydroxylation is 2. The summed E-state index contributed by atoms with van der Waals surface area (Å²) in [7, 11) is 0. The van der Waals surface area contributed by atoms with E-state index in [-0.39, 0.29) is 17.7 Å². The summed E-state index contributed by atoms with van der Waals surface area (Å²) >= 11 is 3.51. The van der Waals surface area contributed by atoms with Gasteiger partial charge in [-0.05, 0) is 62.8 Å². The Balaban J connectivity index is 1.98. The molecule has 0 aromatic heterocycles. The van der Waals surface area contributed by atoms with Crippen molar-refractivity contribution >= 4 is 33.5 Å². The van der Waals surface area contributed by atoms with Crippen LogP contribution in [-0.4, -0.2) is 17.0 Å². The van der Waals surface area contributed by atoms with Crippen molar-refractivity contribution in [3.8, 4) is 0 Å². The van der Waals surface area contributed by atoms with Gasteiger partial charge in [-0.15, -0.1) is 0 Å². The minimum absolute atomic E-state index is 0.0000359. The molecule has 5 heteroatoms. The molecule has 0 atom stereocenters. The molecule has 0 bridgehead atoms. The van der Waals surface area contributed by atoms with E-state index in [1.165, 1.54) is 0 Å². The lowest BCUT2D eigenvalue weighted by atomic mass is 9.81. The zero-order valence-corrected chi connectivity index (χ0v) is 13.9. The van der Waals surface area contributed by atoms with E-state index >= 15 is 0 Å². The van der Waals surface area contributed by atoms with Crippen molar-refractivity contribution < 1.29 is 14.7 Å². The highest BCUT2D eigenvalue weighted by molar-refractivity contribution is 9.10. The van der Waals surface area contributed by atoms with Gasteiger partial charge in [-0.25, -0.2) is 0 Å². The first-order valence-corrected chi connectivity index (χ1v) is 7.98. The van der Waals surface area contributed by atoms with E-state index in [0.29, 0.717) is 25.7 Å². The molecule has 1 aliphatic carbocycles. The van der Waals surface area contributed by atoms with Gasteiger partial charge >= 0.3 is 5.97 Å². The van der Waals surface area contributed by atoms with Crippen LogP contribution >= 0.6 is 15.9 Å². The molecule has 1 amide bonds. The topological polar surface area (TPSA) is 66.4 Å². The fraction of sp³-hybridized carbons (Fsp3) is 0.500. The van der Waals surface area contributed by atoms with Crippen molar-refractivity contribution in [2.75, 3.05) is 5.32 Å². The van der Waals surface area contributed by atoms with Crippen LogP contribution in [0.5, 0.6) is 0 Å². The molecule has 0 radical (unpaired) electrons. The van der Waals surface area contributed by atoms with Gasteiger partial charge in [0, 0.05) is 16.1 Å². The summed E-state index contributed by atoms with van der Waals surface area (Å²) in [6.45, 7) is 3.98. The minimum Gasteiger partial charge on any atom is -0.481 e. The van der Waals surface area contributed by atoms with E-state index in [4.69, 9.17) is 5.11 Å². The van der Waals surface area contributed by atoms with Crippen molar-refractivity contribution in [2.24, 2.45) is 11.8 Å². The summed E-state index contributed by atoms with van der Waals surface area (Å²) < 4.78 is 1.06. The molecule has 21 heavy (non-hydrogen) atoms. The summed E-state index contributed by atoms with van der Waals surface area (Å²) in [5.41, 5.74) is 2.97. The molecule has 2 rings (SSSR count). The van der Waals surface area contributed by atoms with Crippen LogP contribution in [0, 0.1) is 25.7 Å². The molecule has 1 aromatic rings. The monoisotopic (exact) mass is 353 g/mol. The van der Waals surface area contributed by atoms with Gasteiger partial charge in [-0.1, -0.05) is 15.9 Å². The predicted molar refractivity (Wildman–Crippen MR) is 85.3 cm³/mol. The van der Waals surface area contributed by atoms with Crippen molar-refractivity contribution in [3.05, 3.63) is 27.7 Å². The molecular weight excluding hydrogens is 334 g/mol. The zero-order valence-electron chi connectivity index (χ0n) is 12.3. The minimum atomic E-state index is -0.743. The maximum Gasteiger partial charge on any atom is 0.306 e. The molecule has 0 heterocycles. The van der Waals surface area contributed by atoms with E-state index in [9.17, 15) is 9.59 Å². The number of hydrogen-bond donors (Lipinski definition) is 2. The molecule has 4 nitrogen and oxygen atoms in total. The van der Waals surface area contributed by atoms with Crippen molar-refractivity contribution in [2.45, 2.75) is 39.5 Å². The summed E-state index contributed by atoms with van der Waals surface area (Å²) in [5.74, 6) is -1.11. The Morgan fingerprint density at radius 1 is 1.10 bits per heavy atom. The van der Waals surface area contributed by atoms with Gasteiger partial charge in [0.1, 0.15) is 0 Å². The number of carboxylic acid groups (broad SMARTS) is 1. The van der Waals surface area contributed by atoms with Crippen LogP contribution < -0.4 is 5.32 Å². The largest absolute Gasteiger partial charge is 0.481 e. The van der Waals surface area contributed by atoms with E-state index in [1.807, 2.05) is 26.0 Å². The fourth-order valence-corrected chi connectivity index (χ4v) is 3.09. The normalized spacial score (nSPS) is 21.9. The highest BCUT2D eigenvalue weighted by atomic mass is 79.9. The fourth-order valence-electron chi connectivity index (χ4n) is 2.86. The van der Waals surface area contributed by atoms with Crippen molar-refractivity contribution in [1.82, 2.24) is 0 Å². The average molecular weight is 354 g/mol. The molecule has 1 fully saturated rings. The Hall–Kier alpha value is -1.36. The maximum atomic E-state index is 12.3. The molecule has 114 valence electrons. The lowest BCUT2D eigenvalue weighted by molar-refractivity contribution is -0.143. The molecule has 1 aliphatic rings. The molecule has 0 saturated heterocycles. The maximum absolute atomic E-state index is 12.3. The Labute approximate surface area is 133 Å². The van der Waals surface area contributed by atoms with E-state index in [2.05, 4.69) is 21.2 Å². The van der Waals surface area contributed by atoms with Crippen LogP contribution in [0.1, 0.15) is 36.8 Å². The second-order valence-corrected chi connectivity index (χ2v) is 6.59. The van der Waals surface area contributed by atoms with Crippen LogP contribution in [0.2, 0.25) is 0 Å². The van der Waals surface area contributed by atoms with Gasteiger partial charge in [0.25, 0.3) is 0 Å². The van der Waals surface area contributed by atoms with Gasteiger partial charge in [0.05, 0.1) is 5.92 Å². The molecule has 0 spiro atoms. The van der Waals surface area contributed by atoms with Crippen LogP contribution in [0.3, 0.4) is 0 Å². The Bertz CT molecular complexity index is 540. The molecule has 0 aliphatic heterocycles. The lowest BCUT2D eigenvalue weighted by Gasteiger charge is -2.25. The van der Waals surface area contributed by atoms with Crippen LogP contribution in [-0.2, 0) is 9.59 Å². The number of amides is 1. The number of benzene rings is 1. The van der Waals surface area contributed by atoms with Gasteiger partial charge in [0.2, 0.25) is 5.91 Å². The average Bonchev–Trinajstić information content (AvgIpc) is 2.44. The number of carbonyl (C=O) groups is 2. The second kappa shape index (κ2) is 6.60. The number of rotatable bonds is 3. The first kappa shape index (κ1) is 16.0. The van der Waals surface area contributed by atoms with Crippen molar-refractivity contribution in [1.29, 1.82) is 0 Å². The molecule has 2 N–H and O–H groups in total. The molecule has 1 saturated carbocycles. The number of anilines is 1. The van der Waals surface area contributed by atoms with Gasteiger partial charge in [0.15, 0.2) is 0 Å². The standard InChI is InChI=1S/C16H20BrNO3/c1-9-7-13(8-10(2)14(9)17)18-15(19)11-3-5-12(6-4-11)16(20)21/h7-8,11-12H,3-6H2,1-2H3,(H,18,19)(H,20,21). The van der Waals surface area contributed by atoms with Crippen LogP contribution in [0.25, 0.3) is 0 Å². The number of carbonyl (C=O) groups excluding carboxylic acids is 1. The van der Waals surface area contributed by atoms with Gasteiger partial charge in [-0.2, -0.15) is 0 Å². The van der Waals surface area contributed by atoms with Crippen molar-refractivity contribution in [3.63, 3.8) is 0 Å². The highest BCUT2D eigenvalue weighted by Gasteiger charge is 2.29. The quantitative estimate of drug-likeness (QED) is 0.865. The number of hydrogen-bond acceptors (Lipinski definition) is 2. The highest BCUT2D eigenvalue weighted by Crippen LogP contribution is 2.30. The Morgan fingerprint density at radius 2 is 1.57 bits per heavy atom. The summed E-state index contributed by atoms with van der Waals surface area (Å²) in [4.78, 5) is 23.2. The van der Waals surface area contributed by atoms with E-state index in [0.717, 1.165) is 21.3 Å². The summed E-state index contributed by atoms with van der Waals surface area (Å²) in [5, 5.41) is 11.9. The van der Waals surface area contributed by atoms with Crippen LogP contribution in [0.4, 0.5) is 5.69 Å². The van der Waals surface area contributed by atoms with E-state index in [1.54, 1.807) is 0 Å². The Kier molecular flexibility index (Phi) is 5.04. The van der Waals surface area contributed by atoms with Gasteiger partial charge < -0.3 is 10.4 Å². The third-order valence-corrected chi connectivity index (χ3v) is 5.40. The first-order valence-electron chi connectivity index (χ1n) is 7.19. The number of nitrogens with one attached hydrogen (secondary N) is 1. The zero-order chi connectivity index (χ0) is 15.6. The smallest absolute Gasteiger partial charge is 0.306 e. The lowest BCUT2D eigenvalue weighted by Crippen LogP contribution is -2.29. The SMILES string of the molecule is Cc1cc(NC(=O)C2CCC(C(=O)O)CC2)cc(C)c1Br. The Morgan fingerprint density at radius 3 is 2.05 bits per heavy atom. The van der Waals surface area contributed by atoms with Crippen LogP contribution in [0.15, 0.2) is 16.6 Å². The molecule has 0 unspecified atom stereocenters. The predicted octanol–water partition coefficient (Wildman–Crippen LogP) is 3.90. The first-order chi connectivity index (χ1) is 9.88. The third-order valence-electron chi connectivity index (χ3n) is 4.15. The third kappa shape index (κ3) is 3.84. The van der Waals surface area contributed by atoms with E-state index < -0.39 is 5.97 Å². The number of carboxylic acids is 1. The number of halogens is 1. The number of aliphatic carboxylic acids is 1. The summed E-state index contributed by atoms with van der Waals surface area (Å²) in [6.07, 6.45) is 2.48. The van der Waals surface area contributed by atoms with Gasteiger partial charge in [-0.3, -0.25) is 9.59 Å². The molecular formula is C16H20BrNO3. The second-order valence-electron chi connectivity index (χ2n) is 5.80.